The molecule has 0 saturated heterocycles. The molecule has 0 aromatic rings. The second-order valence-electron chi connectivity index (χ2n) is 3.73. The van der Waals surface area contributed by atoms with E-state index in [1.807, 2.05) is 6.08 Å². The molecule has 1 rings (SSSR count). The maximum absolute atomic E-state index is 11.5. The number of hydrogen-bond acceptors (Lipinski definition) is 1. The molecule has 0 unspecified atom stereocenters. The summed E-state index contributed by atoms with van der Waals surface area (Å²) in [5, 5.41) is 0. The van der Waals surface area contributed by atoms with Gasteiger partial charge in [0, 0.05) is 18.2 Å². The monoisotopic (exact) mass is 200 g/mol. The number of rotatable bonds is 5. The third kappa shape index (κ3) is 2.84. The zero-order chi connectivity index (χ0) is 9.68. The number of carbonyl (C=O) groups excluding carboxylic acids is 1. The minimum Gasteiger partial charge on any atom is -0.299 e. The van der Waals surface area contributed by atoms with Gasteiger partial charge in [-0.05, 0) is 31.6 Å². The van der Waals surface area contributed by atoms with Crippen molar-refractivity contribution in [1.29, 1.82) is 0 Å². The molecule has 1 aliphatic rings. The van der Waals surface area contributed by atoms with Gasteiger partial charge in [-0.1, -0.05) is 6.08 Å². The normalized spacial score (nSPS) is 27.9. The standard InChI is InChI=1S/C11H17ClO/c1-2-4-10-9(5-3-8-12)6-7-11(10)13/h2,9-10H,1,3-8H2/t9-,10+/m1/s1. The Morgan fingerprint density at radius 3 is 3.00 bits per heavy atom. The van der Waals surface area contributed by atoms with E-state index in [1.54, 1.807) is 0 Å². The number of allylic oxidation sites excluding steroid dienone is 1. The van der Waals surface area contributed by atoms with Crippen LogP contribution in [-0.4, -0.2) is 11.7 Å². The van der Waals surface area contributed by atoms with Crippen LogP contribution in [-0.2, 0) is 4.79 Å². The van der Waals surface area contributed by atoms with E-state index in [-0.39, 0.29) is 5.92 Å². The highest BCUT2D eigenvalue weighted by atomic mass is 35.5. The van der Waals surface area contributed by atoms with E-state index in [0.29, 0.717) is 17.6 Å². The molecule has 1 nitrogen and oxygen atoms in total. The molecule has 0 aliphatic heterocycles. The molecule has 1 saturated carbocycles. The molecule has 2 heteroatoms. The fourth-order valence-corrected chi connectivity index (χ4v) is 2.32. The Morgan fingerprint density at radius 1 is 1.62 bits per heavy atom. The van der Waals surface area contributed by atoms with E-state index in [1.165, 1.54) is 0 Å². The van der Waals surface area contributed by atoms with Gasteiger partial charge in [-0.2, -0.15) is 0 Å². The van der Waals surface area contributed by atoms with Gasteiger partial charge in [0.2, 0.25) is 0 Å². The van der Waals surface area contributed by atoms with Crippen molar-refractivity contribution in [2.45, 2.75) is 32.1 Å². The highest BCUT2D eigenvalue weighted by Crippen LogP contribution is 2.34. The Kier molecular flexibility index (Phi) is 4.51. The first-order valence-corrected chi connectivity index (χ1v) is 5.52. The van der Waals surface area contributed by atoms with Crippen molar-refractivity contribution < 1.29 is 4.79 Å². The van der Waals surface area contributed by atoms with Crippen LogP contribution in [0.2, 0.25) is 0 Å². The Morgan fingerprint density at radius 2 is 2.38 bits per heavy atom. The van der Waals surface area contributed by atoms with Gasteiger partial charge in [-0.3, -0.25) is 4.79 Å². The minimum absolute atomic E-state index is 0.251. The van der Waals surface area contributed by atoms with E-state index >= 15 is 0 Å². The Hall–Kier alpha value is -0.300. The van der Waals surface area contributed by atoms with Gasteiger partial charge in [0.15, 0.2) is 0 Å². The Balaban J connectivity index is 2.43. The molecule has 0 N–H and O–H groups in total. The zero-order valence-corrected chi connectivity index (χ0v) is 8.72. The highest BCUT2D eigenvalue weighted by Gasteiger charge is 2.32. The Bertz CT molecular complexity index is 189. The first-order valence-electron chi connectivity index (χ1n) is 4.99. The summed E-state index contributed by atoms with van der Waals surface area (Å²) in [6.45, 7) is 3.70. The maximum Gasteiger partial charge on any atom is 0.136 e. The number of halogens is 1. The lowest BCUT2D eigenvalue weighted by Crippen LogP contribution is -2.14. The van der Waals surface area contributed by atoms with Gasteiger partial charge < -0.3 is 0 Å². The molecule has 0 aromatic carbocycles. The van der Waals surface area contributed by atoms with Crippen molar-refractivity contribution in [3.05, 3.63) is 12.7 Å². The van der Waals surface area contributed by atoms with Crippen molar-refractivity contribution in [2.75, 3.05) is 5.88 Å². The van der Waals surface area contributed by atoms with Gasteiger partial charge >= 0.3 is 0 Å². The largest absolute Gasteiger partial charge is 0.299 e. The van der Waals surface area contributed by atoms with Gasteiger partial charge in [0.1, 0.15) is 5.78 Å². The summed E-state index contributed by atoms with van der Waals surface area (Å²) in [5.74, 6) is 1.97. The number of carbonyl (C=O) groups is 1. The summed E-state index contributed by atoms with van der Waals surface area (Å²) < 4.78 is 0. The quantitative estimate of drug-likeness (QED) is 0.492. The molecule has 0 radical (unpaired) electrons. The fraction of sp³-hybridized carbons (Fsp3) is 0.727. The lowest BCUT2D eigenvalue weighted by molar-refractivity contribution is -0.121. The van der Waals surface area contributed by atoms with E-state index < -0.39 is 0 Å². The predicted molar refractivity (Wildman–Crippen MR) is 56.0 cm³/mol. The molecule has 13 heavy (non-hydrogen) atoms. The summed E-state index contributed by atoms with van der Waals surface area (Å²) in [6.07, 6.45) is 6.69. The lowest BCUT2D eigenvalue weighted by atomic mass is 9.89. The number of ketones is 1. The molecule has 0 amide bonds. The molecule has 2 atom stereocenters. The summed E-state index contributed by atoms with van der Waals surface area (Å²) in [5.41, 5.74) is 0. The number of Topliss-reactive ketones (excluding diaryl/α,β-unsaturated/α-hetero) is 1. The van der Waals surface area contributed by atoms with Crippen LogP contribution in [0.1, 0.15) is 32.1 Å². The predicted octanol–water partition coefficient (Wildman–Crippen LogP) is 3.18. The molecule has 1 aliphatic carbocycles. The van der Waals surface area contributed by atoms with Crippen LogP contribution in [0.4, 0.5) is 0 Å². The second kappa shape index (κ2) is 5.43. The van der Waals surface area contributed by atoms with Crippen LogP contribution in [0.25, 0.3) is 0 Å². The van der Waals surface area contributed by atoms with Crippen LogP contribution >= 0.6 is 11.6 Å². The van der Waals surface area contributed by atoms with Crippen molar-refractivity contribution in [3.63, 3.8) is 0 Å². The van der Waals surface area contributed by atoms with Crippen LogP contribution in [0, 0.1) is 11.8 Å². The van der Waals surface area contributed by atoms with Crippen LogP contribution in [0.5, 0.6) is 0 Å². The van der Waals surface area contributed by atoms with Gasteiger partial charge in [-0.15, -0.1) is 18.2 Å². The van der Waals surface area contributed by atoms with Crippen molar-refractivity contribution in [3.8, 4) is 0 Å². The third-order valence-corrected chi connectivity index (χ3v) is 3.14. The maximum atomic E-state index is 11.5. The molecule has 74 valence electrons. The van der Waals surface area contributed by atoms with Gasteiger partial charge in [0.25, 0.3) is 0 Å². The topological polar surface area (TPSA) is 17.1 Å². The number of hydrogen-bond donors (Lipinski definition) is 0. The van der Waals surface area contributed by atoms with Crippen molar-refractivity contribution in [2.24, 2.45) is 11.8 Å². The summed E-state index contributed by atoms with van der Waals surface area (Å²) in [6, 6.07) is 0. The first-order chi connectivity index (χ1) is 6.29. The fourth-order valence-electron chi connectivity index (χ4n) is 2.17. The van der Waals surface area contributed by atoms with Crippen LogP contribution in [0.3, 0.4) is 0 Å². The summed E-state index contributed by atoms with van der Waals surface area (Å²) in [7, 11) is 0. The molecule has 0 spiro atoms. The smallest absolute Gasteiger partial charge is 0.136 e. The van der Waals surface area contributed by atoms with Gasteiger partial charge in [0.05, 0.1) is 0 Å². The third-order valence-electron chi connectivity index (χ3n) is 2.87. The highest BCUT2D eigenvalue weighted by molar-refractivity contribution is 6.17. The van der Waals surface area contributed by atoms with Crippen LogP contribution < -0.4 is 0 Å². The molecule has 1 fully saturated rings. The molecule has 0 heterocycles. The lowest BCUT2D eigenvalue weighted by Gasteiger charge is -2.15. The second-order valence-corrected chi connectivity index (χ2v) is 4.11. The molecule has 0 bridgehead atoms. The van der Waals surface area contributed by atoms with Crippen LogP contribution in [0.15, 0.2) is 12.7 Å². The van der Waals surface area contributed by atoms with Gasteiger partial charge in [-0.25, -0.2) is 0 Å². The summed E-state index contributed by atoms with van der Waals surface area (Å²) >= 11 is 5.64. The summed E-state index contributed by atoms with van der Waals surface area (Å²) in [4.78, 5) is 11.5. The minimum atomic E-state index is 0.251. The van der Waals surface area contributed by atoms with E-state index in [2.05, 4.69) is 6.58 Å². The average Bonchev–Trinajstić information content (AvgIpc) is 2.46. The molecular formula is C11H17ClO. The SMILES string of the molecule is C=CC[C@@H]1C(=O)CC[C@H]1CCCCl. The number of alkyl halides is 1. The zero-order valence-electron chi connectivity index (χ0n) is 7.97. The first kappa shape index (κ1) is 10.8. The molecular weight excluding hydrogens is 184 g/mol. The van der Waals surface area contributed by atoms with Crippen molar-refractivity contribution in [1.82, 2.24) is 0 Å². The Labute approximate surface area is 85.2 Å². The van der Waals surface area contributed by atoms with E-state index in [0.717, 1.165) is 32.1 Å². The molecule has 0 aromatic heterocycles. The average molecular weight is 201 g/mol. The van der Waals surface area contributed by atoms with E-state index in [9.17, 15) is 4.79 Å². The van der Waals surface area contributed by atoms with E-state index in [4.69, 9.17) is 11.6 Å². The van der Waals surface area contributed by atoms with Crippen molar-refractivity contribution >= 4 is 17.4 Å².